The number of aromatic nitrogens is 3. The molecule has 0 spiro atoms. The molecular weight excluding hydrogens is 386 g/mol. The summed E-state index contributed by atoms with van der Waals surface area (Å²) in [5.41, 5.74) is 0.903. The fraction of sp³-hybridized carbons (Fsp3) is 0.263. The third-order valence-corrected chi connectivity index (χ3v) is 6.76. The molecule has 1 aromatic heterocycles. The molecule has 28 heavy (non-hydrogen) atoms. The Kier molecular flexibility index (Phi) is 4.72. The maximum Gasteiger partial charge on any atom is 0.243 e. The summed E-state index contributed by atoms with van der Waals surface area (Å²) in [5.74, 6) is -0.00522. The molecule has 0 saturated carbocycles. The van der Waals surface area contributed by atoms with E-state index in [4.69, 9.17) is 0 Å². The highest BCUT2D eigenvalue weighted by atomic mass is 32.2. The molecule has 146 valence electrons. The van der Waals surface area contributed by atoms with Crippen molar-refractivity contribution in [1.82, 2.24) is 19.5 Å². The van der Waals surface area contributed by atoms with Gasteiger partial charge in [0.15, 0.2) is 5.82 Å². The Morgan fingerprint density at radius 2 is 1.89 bits per heavy atom. The van der Waals surface area contributed by atoms with E-state index < -0.39 is 21.9 Å². The third-order valence-electron chi connectivity index (χ3n) is 4.86. The van der Waals surface area contributed by atoms with Crippen LogP contribution in [0, 0.1) is 18.6 Å². The van der Waals surface area contributed by atoms with Crippen molar-refractivity contribution < 1.29 is 17.2 Å². The molecule has 2 aromatic carbocycles. The Morgan fingerprint density at radius 1 is 1.14 bits per heavy atom. The zero-order valence-electron chi connectivity index (χ0n) is 15.1. The molecule has 1 fully saturated rings. The van der Waals surface area contributed by atoms with Crippen molar-refractivity contribution in [2.75, 3.05) is 6.54 Å². The molecule has 9 heteroatoms. The topological polar surface area (TPSA) is 79.0 Å². The van der Waals surface area contributed by atoms with E-state index in [2.05, 4.69) is 15.2 Å². The monoisotopic (exact) mass is 404 g/mol. The highest BCUT2D eigenvalue weighted by molar-refractivity contribution is 7.89. The second kappa shape index (κ2) is 7.06. The van der Waals surface area contributed by atoms with E-state index in [9.17, 15) is 17.2 Å². The van der Waals surface area contributed by atoms with Crippen molar-refractivity contribution in [2.45, 2.75) is 30.7 Å². The quantitative estimate of drug-likeness (QED) is 0.721. The molecule has 4 rings (SSSR count). The Balaban J connectivity index is 1.65. The average Bonchev–Trinajstić information content (AvgIpc) is 3.33. The van der Waals surface area contributed by atoms with Crippen molar-refractivity contribution in [3.63, 3.8) is 0 Å². The van der Waals surface area contributed by atoms with Crippen LogP contribution in [0.2, 0.25) is 0 Å². The highest BCUT2D eigenvalue weighted by Crippen LogP contribution is 2.35. The summed E-state index contributed by atoms with van der Waals surface area (Å²) in [6.45, 7) is 1.87. The van der Waals surface area contributed by atoms with E-state index in [1.807, 2.05) is 0 Å². The summed E-state index contributed by atoms with van der Waals surface area (Å²) in [4.78, 5) is 4.48. The number of aryl methyl sites for hydroxylation is 1. The lowest BCUT2D eigenvalue weighted by Gasteiger charge is -2.22. The van der Waals surface area contributed by atoms with E-state index in [1.165, 1.54) is 35.5 Å². The van der Waals surface area contributed by atoms with E-state index in [0.29, 0.717) is 36.6 Å². The zero-order valence-corrected chi connectivity index (χ0v) is 15.9. The fourth-order valence-electron chi connectivity index (χ4n) is 3.37. The van der Waals surface area contributed by atoms with Crippen molar-refractivity contribution in [3.05, 3.63) is 65.5 Å². The van der Waals surface area contributed by atoms with Gasteiger partial charge in [0.25, 0.3) is 0 Å². The minimum absolute atomic E-state index is 0.0524. The Labute approximate surface area is 161 Å². The van der Waals surface area contributed by atoms with E-state index >= 15 is 0 Å². The zero-order chi connectivity index (χ0) is 19.9. The van der Waals surface area contributed by atoms with Gasteiger partial charge >= 0.3 is 0 Å². The third kappa shape index (κ3) is 3.31. The van der Waals surface area contributed by atoms with Gasteiger partial charge < -0.3 is 0 Å². The van der Waals surface area contributed by atoms with Crippen molar-refractivity contribution >= 4 is 10.0 Å². The molecule has 0 amide bonds. The SMILES string of the molecule is Cc1cc(S(=O)(=O)N2CCCC2c2nc(-c3ccc(F)cc3)n[nH]2)ccc1F. The minimum atomic E-state index is -3.81. The molecule has 0 radical (unpaired) electrons. The first-order valence-corrected chi connectivity index (χ1v) is 10.3. The van der Waals surface area contributed by atoms with Crippen LogP contribution in [0.4, 0.5) is 8.78 Å². The van der Waals surface area contributed by atoms with Crippen molar-refractivity contribution in [2.24, 2.45) is 0 Å². The number of aromatic amines is 1. The predicted octanol–water partition coefficient (Wildman–Crippen LogP) is 3.58. The van der Waals surface area contributed by atoms with Gasteiger partial charge in [-0.1, -0.05) is 0 Å². The molecule has 1 atom stereocenters. The van der Waals surface area contributed by atoms with Crippen LogP contribution in [0.15, 0.2) is 47.4 Å². The van der Waals surface area contributed by atoms with E-state index in [-0.39, 0.29) is 16.3 Å². The molecule has 1 N–H and O–H groups in total. The highest BCUT2D eigenvalue weighted by Gasteiger charge is 2.38. The maximum absolute atomic E-state index is 13.5. The van der Waals surface area contributed by atoms with Crippen LogP contribution in [-0.4, -0.2) is 34.4 Å². The summed E-state index contributed by atoms with van der Waals surface area (Å²) in [5, 5.41) is 6.96. The first-order valence-electron chi connectivity index (χ1n) is 8.82. The van der Waals surface area contributed by atoms with Crippen LogP contribution >= 0.6 is 0 Å². The number of nitrogens with one attached hydrogen (secondary N) is 1. The molecule has 1 saturated heterocycles. The van der Waals surface area contributed by atoms with Crippen LogP contribution in [0.1, 0.15) is 30.3 Å². The lowest BCUT2D eigenvalue weighted by atomic mass is 10.2. The largest absolute Gasteiger partial charge is 0.261 e. The number of hydrogen-bond acceptors (Lipinski definition) is 4. The van der Waals surface area contributed by atoms with Crippen LogP contribution in [0.25, 0.3) is 11.4 Å². The summed E-state index contributed by atoms with van der Waals surface area (Å²) in [6.07, 6.45) is 1.27. The molecule has 3 aromatic rings. The van der Waals surface area contributed by atoms with Crippen molar-refractivity contribution in [1.29, 1.82) is 0 Å². The summed E-state index contributed by atoms with van der Waals surface area (Å²) < 4.78 is 54.2. The van der Waals surface area contributed by atoms with Crippen LogP contribution in [-0.2, 0) is 10.0 Å². The number of hydrogen-bond donors (Lipinski definition) is 1. The summed E-state index contributed by atoms with van der Waals surface area (Å²) in [7, 11) is -3.81. The smallest absolute Gasteiger partial charge is 0.243 e. The number of benzene rings is 2. The fourth-order valence-corrected chi connectivity index (χ4v) is 5.11. The van der Waals surface area contributed by atoms with Gasteiger partial charge in [0.2, 0.25) is 10.0 Å². The molecule has 2 heterocycles. The molecule has 1 unspecified atom stereocenters. The number of halogens is 2. The molecule has 6 nitrogen and oxygen atoms in total. The van der Waals surface area contributed by atoms with Gasteiger partial charge in [-0.15, -0.1) is 0 Å². The van der Waals surface area contributed by atoms with Gasteiger partial charge in [-0.3, -0.25) is 5.10 Å². The molecule has 1 aliphatic rings. The molecule has 0 aliphatic carbocycles. The normalized spacial score (nSPS) is 17.9. The first-order chi connectivity index (χ1) is 13.4. The first kappa shape index (κ1) is 18.7. The van der Waals surface area contributed by atoms with Gasteiger partial charge in [0.05, 0.1) is 10.9 Å². The average molecular weight is 404 g/mol. The number of rotatable bonds is 4. The molecule has 1 aliphatic heterocycles. The van der Waals surface area contributed by atoms with E-state index in [0.717, 1.165) is 6.07 Å². The van der Waals surface area contributed by atoms with Gasteiger partial charge in [-0.25, -0.2) is 22.2 Å². The Morgan fingerprint density at radius 3 is 2.61 bits per heavy atom. The second-order valence-corrected chi connectivity index (χ2v) is 8.63. The van der Waals surface area contributed by atoms with Gasteiger partial charge in [-0.2, -0.15) is 9.40 Å². The molecule has 0 bridgehead atoms. The van der Waals surface area contributed by atoms with Crippen LogP contribution in [0.3, 0.4) is 0 Å². The number of nitrogens with zero attached hydrogens (tertiary/aromatic N) is 3. The van der Waals surface area contributed by atoms with Crippen LogP contribution < -0.4 is 0 Å². The second-order valence-electron chi connectivity index (χ2n) is 6.74. The van der Waals surface area contributed by atoms with Gasteiger partial charge in [-0.05, 0) is 67.8 Å². The van der Waals surface area contributed by atoms with E-state index in [1.54, 1.807) is 12.1 Å². The summed E-state index contributed by atoms with van der Waals surface area (Å²) >= 11 is 0. The Hall–Kier alpha value is -2.65. The number of H-pyrrole nitrogens is 1. The predicted molar refractivity (Wildman–Crippen MR) is 98.8 cm³/mol. The number of sulfonamides is 1. The lowest BCUT2D eigenvalue weighted by molar-refractivity contribution is 0.384. The van der Waals surface area contributed by atoms with Crippen molar-refractivity contribution in [3.8, 4) is 11.4 Å². The lowest BCUT2D eigenvalue weighted by Crippen LogP contribution is -2.31. The summed E-state index contributed by atoms with van der Waals surface area (Å²) in [6, 6.07) is 9.04. The minimum Gasteiger partial charge on any atom is -0.261 e. The van der Waals surface area contributed by atoms with Gasteiger partial charge in [0.1, 0.15) is 17.5 Å². The Bertz CT molecular complexity index is 1110. The van der Waals surface area contributed by atoms with Crippen LogP contribution in [0.5, 0.6) is 0 Å². The van der Waals surface area contributed by atoms with Gasteiger partial charge in [0, 0.05) is 12.1 Å². The standard InChI is InChI=1S/C19H18F2N4O2S/c1-12-11-15(8-9-16(12)21)28(26,27)25-10-2-3-17(25)19-22-18(23-24-19)13-4-6-14(20)7-5-13/h4-9,11,17H,2-3,10H2,1H3,(H,22,23,24). The molecular formula is C19H18F2N4O2S. The maximum atomic E-state index is 13.5.